The molecule has 0 saturated carbocycles. The third kappa shape index (κ3) is 6.67. The number of rotatable bonds is 10. The molecule has 1 atom stereocenters. The summed E-state index contributed by atoms with van der Waals surface area (Å²) in [4.78, 5) is 0.592. The van der Waals surface area contributed by atoms with Gasteiger partial charge in [0.1, 0.15) is 0 Å². The van der Waals surface area contributed by atoms with Crippen LogP contribution >= 0.6 is 11.6 Å². The van der Waals surface area contributed by atoms with Crippen LogP contribution in [0.25, 0.3) is 0 Å². The number of halogens is 1. The summed E-state index contributed by atoms with van der Waals surface area (Å²) >= 11 is 5.79. The summed E-state index contributed by atoms with van der Waals surface area (Å²) in [7, 11) is 0.440. The molecule has 0 radical (unpaired) electrons. The van der Waals surface area contributed by atoms with Crippen molar-refractivity contribution < 1.29 is 18.4 Å². The van der Waals surface area contributed by atoms with Crippen LogP contribution in [0.2, 0.25) is 5.02 Å². The molecule has 0 heterocycles. The number of nitrogen functional groups attached to an aromatic ring is 1. The first-order valence-electron chi connectivity index (χ1n) is 6.23. The highest BCUT2D eigenvalue weighted by Gasteiger charge is 2.08. The zero-order chi connectivity index (χ0) is 14.8. The second-order valence-electron chi connectivity index (χ2n) is 3.95. The molecule has 7 heteroatoms. The lowest BCUT2D eigenvalue weighted by Crippen LogP contribution is -2.12. The number of anilines is 1. The summed E-state index contributed by atoms with van der Waals surface area (Å²) in [6.07, 6.45) is 0. The third-order valence-electron chi connectivity index (χ3n) is 2.43. The number of methoxy groups -OCH3 is 1. The van der Waals surface area contributed by atoms with Gasteiger partial charge in [0.15, 0.2) is 0 Å². The molecule has 0 saturated heterocycles. The lowest BCUT2D eigenvalue weighted by Gasteiger charge is -2.07. The van der Waals surface area contributed by atoms with E-state index in [-0.39, 0.29) is 0 Å². The van der Waals surface area contributed by atoms with E-state index in [2.05, 4.69) is 0 Å². The van der Waals surface area contributed by atoms with Crippen LogP contribution < -0.4 is 5.73 Å². The standard InChI is InChI=1S/C13H20ClNO4S/c1-17-4-5-18-6-7-19-8-9-20(16)13-3-2-11(14)10-12(13)15/h2-3,10H,4-9,15H2,1H3. The Morgan fingerprint density at radius 1 is 1.15 bits per heavy atom. The first-order chi connectivity index (χ1) is 9.65. The fourth-order valence-electron chi connectivity index (χ4n) is 1.44. The molecule has 0 fully saturated rings. The SMILES string of the molecule is COCCOCCOCCS(=O)c1ccc(Cl)cc1N. The molecule has 0 aliphatic rings. The van der Waals surface area contributed by atoms with Crippen LogP contribution in [0.4, 0.5) is 5.69 Å². The average molecular weight is 322 g/mol. The van der Waals surface area contributed by atoms with Crippen molar-refractivity contribution >= 4 is 28.1 Å². The van der Waals surface area contributed by atoms with Crippen LogP contribution in [-0.4, -0.2) is 50.1 Å². The van der Waals surface area contributed by atoms with Crippen LogP contribution in [0.3, 0.4) is 0 Å². The van der Waals surface area contributed by atoms with E-state index in [1.165, 1.54) is 0 Å². The molecule has 2 N–H and O–H groups in total. The van der Waals surface area contributed by atoms with Gasteiger partial charge in [-0.2, -0.15) is 0 Å². The van der Waals surface area contributed by atoms with Gasteiger partial charge in [-0.15, -0.1) is 0 Å². The van der Waals surface area contributed by atoms with Crippen LogP contribution in [0.5, 0.6) is 0 Å². The van der Waals surface area contributed by atoms with Crippen molar-refractivity contribution in [3.8, 4) is 0 Å². The van der Waals surface area contributed by atoms with Gasteiger partial charge in [-0.1, -0.05) is 11.6 Å². The van der Waals surface area contributed by atoms with E-state index in [4.69, 9.17) is 31.5 Å². The molecule has 1 aromatic rings. The van der Waals surface area contributed by atoms with Crippen molar-refractivity contribution in [1.82, 2.24) is 0 Å². The first-order valence-corrected chi connectivity index (χ1v) is 7.92. The summed E-state index contributed by atoms with van der Waals surface area (Å²) in [5.74, 6) is 0.393. The Kier molecular flexibility index (Phi) is 8.80. The fraction of sp³-hybridized carbons (Fsp3) is 0.538. The van der Waals surface area contributed by atoms with Gasteiger partial charge >= 0.3 is 0 Å². The number of hydrogen-bond acceptors (Lipinski definition) is 5. The van der Waals surface area contributed by atoms with Crippen LogP contribution in [0, 0.1) is 0 Å². The minimum atomic E-state index is -1.18. The Bertz CT molecular complexity index is 431. The molecule has 1 rings (SSSR count). The highest BCUT2D eigenvalue weighted by Crippen LogP contribution is 2.21. The summed E-state index contributed by atoms with van der Waals surface area (Å²) in [6.45, 7) is 2.48. The summed E-state index contributed by atoms with van der Waals surface area (Å²) in [5, 5.41) is 0.535. The van der Waals surface area contributed by atoms with Gasteiger partial charge in [0.25, 0.3) is 0 Å². The second-order valence-corrected chi connectivity index (χ2v) is 5.92. The highest BCUT2D eigenvalue weighted by molar-refractivity contribution is 7.85. The predicted octanol–water partition coefficient (Wildman–Crippen LogP) is 1.71. The zero-order valence-corrected chi connectivity index (χ0v) is 13.0. The van der Waals surface area contributed by atoms with Crippen molar-refractivity contribution in [2.24, 2.45) is 0 Å². The Morgan fingerprint density at radius 3 is 2.45 bits per heavy atom. The number of benzene rings is 1. The Labute approximate surface area is 126 Å². The van der Waals surface area contributed by atoms with Crippen molar-refractivity contribution in [2.45, 2.75) is 4.90 Å². The normalized spacial score (nSPS) is 12.5. The maximum Gasteiger partial charge on any atom is 0.0701 e. The Hall–Kier alpha value is -0.660. The topological polar surface area (TPSA) is 70.8 Å². The lowest BCUT2D eigenvalue weighted by atomic mass is 10.3. The van der Waals surface area contributed by atoms with Crippen LogP contribution in [0.1, 0.15) is 0 Å². The van der Waals surface area contributed by atoms with E-state index in [1.54, 1.807) is 25.3 Å². The van der Waals surface area contributed by atoms with E-state index >= 15 is 0 Å². The van der Waals surface area contributed by atoms with Gasteiger partial charge in [-0.25, -0.2) is 0 Å². The van der Waals surface area contributed by atoms with E-state index in [1.807, 2.05) is 0 Å². The molecule has 1 unspecified atom stereocenters. The highest BCUT2D eigenvalue weighted by atomic mass is 35.5. The van der Waals surface area contributed by atoms with Gasteiger partial charge in [-0.3, -0.25) is 4.21 Å². The predicted molar refractivity (Wildman–Crippen MR) is 80.7 cm³/mol. The largest absolute Gasteiger partial charge is 0.398 e. The van der Waals surface area contributed by atoms with Crippen molar-refractivity contribution in [3.63, 3.8) is 0 Å². The molecule has 0 aromatic heterocycles. The van der Waals surface area contributed by atoms with Gasteiger partial charge < -0.3 is 19.9 Å². The van der Waals surface area contributed by atoms with Crippen molar-refractivity contribution in [2.75, 3.05) is 51.6 Å². The van der Waals surface area contributed by atoms with Crippen molar-refractivity contribution in [3.05, 3.63) is 23.2 Å². The van der Waals surface area contributed by atoms with Gasteiger partial charge in [0.2, 0.25) is 0 Å². The number of nitrogens with two attached hydrogens (primary N) is 1. The van der Waals surface area contributed by atoms with E-state index in [9.17, 15) is 4.21 Å². The summed E-state index contributed by atoms with van der Waals surface area (Å²) in [6, 6.07) is 4.95. The average Bonchev–Trinajstić information content (AvgIpc) is 2.41. The summed E-state index contributed by atoms with van der Waals surface area (Å²) in [5.41, 5.74) is 6.21. The maximum atomic E-state index is 12.0. The number of ether oxygens (including phenoxy) is 3. The van der Waals surface area contributed by atoms with Crippen LogP contribution in [0.15, 0.2) is 23.1 Å². The lowest BCUT2D eigenvalue weighted by molar-refractivity contribution is 0.0285. The molecular formula is C13H20ClNO4S. The monoisotopic (exact) mass is 321 g/mol. The Balaban J connectivity index is 2.17. The fourth-order valence-corrected chi connectivity index (χ4v) is 2.65. The third-order valence-corrected chi connectivity index (χ3v) is 4.07. The molecule has 0 aliphatic carbocycles. The van der Waals surface area contributed by atoms with E-state index in [0.717, 1.165) is 0 Å². The van der Waals surface area contributed by atoms with Gasteiger partial charge in [0.05, 0.1) is 54.5 Å². The molecule has 0 amide bonds. The van der Waals surface area contributed by atoms with Gasteiger partial charge in [-0.05, 0) is 18.2 Å². The minimum absolute atomic E-state index is 0.391. The Morgan fingerprint density at radius 2 is 1.80 bits per heavy atom. The smallest absolute Gasteiger partial charge is 0.0701 e. The minimum Gasteiger partial charge on any atom is -0.398 e. The van der Waals surface area contributed by atoms with Gasteiger partial charge in [0, 0.05) is 17.8 Å². The molecule has 114 valence electrons. The van der Waals surface area contributed by atoms with Crippen molar-refractivity contribution in [1.29, 1.82) is 0 Å². The van der Waals surface area contributed by atoms with E-state index in [0.29, 0.717) is 54.4 Å². The number of hydrogen-bond donors (Lipinski definition) is 1. The second kappa shape index (κ2) is 10.1. The molecule has 0 aliphatic heterocycles. The molecule has 0 bridgehead atoms. The first kappa shape index (κ1) is 17.4. The van der Waals surface area contributed by atoms with Crippen LogP contribution in [-0.2, 0) is 25.0 Å². The molecule has 20 heavy (non-hydrogen) atoms. The summed E-state index contributed by atoms with van der Waals surface area (Å²) < 4.78 is 27.4. The quantitative estimate of drug-likeness (QED) is 0.525. The molecule has 1 aromatic carbocycles. The zero-order valence-electron chi connectivity index (χ0n) is 11.5. The maximum absolute atomic E-state index is 12.0. The molecular weight excluding hydrogens is 302 g/mol. The molecule has 0 spiro atoms. The molecule has 5 nitrogen and oxygen atoms in total. The van der Waals surface area contributed by atoms with E-state index < -0.39 is 10.8 Å².